The van der Waals surface area contributed by atoms with Crippen molar-refractivity contribution < 1.29 is 17.9 Å². The fourth-order valence-electron chi connectivity index (χ4n) is 6.41. The summed E-state index contributed by atoms with van der Waals surface area (Å²) < 4.78 is 48.7. The van der Waals surface area contributed by atoms with Gasteiger partial charge in [-0.05, 0) is 57.9 Å². The van der Waals surface area contributed by atoms with E-state index < -0.39 is 17.0 Å². The second-order valence-electron chi connectivity index (χ2n) is 10.9. The molecule has 0 N–H and O–H groups in total. The molecule has 2 bridgehead atoms. The highest BCUT2D eigenvalue weighted by atomic mass is 19.4. The average Bonchev–Trinajstić information content (AvgIpc) is 3.47. The van der Waals surface area contributed by atoms with Crippen LogP contribution in [0.2, 0.25) is 0 Å². The van der Waals surface area contributed by atoms with Crippen LogP contribution in [0.1, 0.15) is 85.7 Å². The molecule has 8 rings (SSSR count). The van der Waals surface area contributed by atoms with Crippen molar-refractivity contribution in [2.75, 3.05) is 6.61 Å². The van der Waals surface area contributed by atoms with E-state index in [-0.39, 0.29) is 31.3 Å². The van der Waals surface area contributed by atoms with Gasteiger partial charge in [0, 0.05) is 41.6 Å². The predicted molar refractivity (Wildman–Crippen MR) is 117 cm³/mol. The number of halogens is 3. The molecule has 4 saturated carbocycles. The van der Waals surface area contributed by atoms with E-state index in [1.54, 1.807) is 6.20 Å². The van der Waals surface area contributed by atoms with Crippen LogP contribution in [-0.2, 0) is 10.2 Å². The summed E-state index contributed by atoms with van der Waals surface area (Å²) in [5.41, 5.74) is 2.82. The first-order chi connectivity index (χ1) is 16.3. The Bertz CT molecular complexity index is 1280. The Balaban J connectivity index is 1.22. The average molecular weight is 470 g/mol. The zero-order valence-corrected chi connectivity index (χ0v) is 19.0. The summed E-state index contributed by atoms with van der Waals surface area (Å²) in [7, 11) is 0. The summed E-state index contributed by atoms with van der Waals surface area (Å²) >= 11 is 0. The van der Waals surface area contributed by atoms with Gasteiger partial charge in [0.2, 0.25) is 0 Å². The van der Waals surface area contributed by atoms with Crippen molar-refractivity contribution in [3.63, 3.8) is 0 Å². The second-order valence-corrected chi connectivity index (χ2v) is 10.9. The largest absolute Gasteiger partial charge is 0.394 e. The number of aromatic nitrogens is 5. The topological polar surface area (TPSA) is 65.7 Å². The molecule has 178 valence electrons. The molecular formula is C25H26F3N5O. The normalized spacial score (nSPS) is 32.9. The van der Waals surface area contributed by atoms with Crippen molar-refractivity contribution in [1.82, 2.24) is 24.7 Å². The van der Waals surface area contributed by atoms with E-state index in [1.807, 2.05) is 23.9 Å². The molecule has 0 spiro atoms. The van der Waals surface area contributed by atoms with E-state index in [2.05, 4.69) is 21.3 Å². The number of ether oxygens (including phenoxy) is 1. The molecule has 0 radical (unpaired) electrons. The molecule has 4 heterocycles. The van der Waals surface area contributed by atoms with Gasteiger partial charge in [-0.2, -0.15) is 18.3 Å². The van der Waals surface area contributed by atoms with E-state index in [9.17, 15) is 13.2 Å². The zero-order valence-electron chi connectivity index (χ0n) is 19.0. The zero-order chi connectivity index (χ0) is 23.3. The van der Waals surface area contributed by atoms with E-state index in [0.29, 0.717) is 23.9 Å². The van der Waals surface area contributed by atoms with Gasteiger partial charge in [0.1, 0.15) is 5.52 Å². The van der Waals surface area contributed by atoms with Crippen LogP contribution in [0.4, 0.5) is 13.2 Å². The van der Waals surface area contributed by atoms with Gasteiger partial charge in [-0.15, -0.1) is 0 Å². The van der Waals surface area contributed by atoms with E-state index >= 15 is 0 Å². The molecule has 4 aliphatic carbocycles. The summed E-state index contributed by atoms with van der Waals surface area (Å²) in [6, 6.07) is 2.51. The molecule has 5 fully saturated rings. The van der Waals surface area contributed by atoms with Crippen molar-refractivity contribution in [1.29, 1.82) is 0 Å². The minimum absolute atomic E-state index is 0.0563. The number of alkyl halides is 3. The number of aryl methyl sites for hydroxylation is 1. The highest BCUT2D eigenvalue weighted by Crippen LogP contribution is 2.78. The molecule has 6 nitrogen and oxygen atoms in total. The molecule has 0 amide bonds. The predicted octanol–water partition coefficient (Wildman–Crippen LogP) is 5.48. The maximum absolute atomic E-state index is 13.5. The van der Waals surface area contributed by atoms with Crippen LogP contribution >= 0.6 is 0 Å². The Hall–Kier alpha value is -2.55. The smallest absolute Gasteiger partial charge is 0.373 e. The number of hydrogen-bond donors (Lipinski definition) is 0. The fraction of sp³-hybridized carbons (Fsp3) is 0.600. The summed E-state index contributed by atoms with van der Waals surface area (Å²) in [4.78, 5) is 14.3. The third kappa shape index (κ3) is 2.98. The maximum atomic E-state index is 13.5. The highest BCUT2D eigenvalue weighted by Gasteiger charge is 2.79. The van der Waals surface area contributed by atoms with Gasteiger partial charge in [0.25, 0.3) is 0 Å². The number of rotatable bonds is 4. The molecule has 5 aliphatic rings. The molecule has 2 atom stereocenters. The fourth-order valence-corrected chi connectivity index (χ4v) is 6.41. The summed E-state index contributed by atoms with van der Waals surface area (Å²) in [6.45, 7) is 2.49. The molecule has 1 saturated heterocycles. The van der Waals surface area contributed by atoms with Gasteiger partial charge in [-0.3, -0.25) is 14.6 Å². The molecular weight excluding hydrogens is 443 g/mol. The van der Waals surface area contributed by atoms with E-state index in [0.717, 1.165) is 35.3 Å². The van der Waals surface area contributed by atoms with Crippen LogP contribution in [0.3, 0.4) is 0 Å². The van der Waals surface area contributed by atoms with E-state index in [1.165, 1.54) is 12.8 Å². The minimum atomic E-state index is -4.15. The quantitative estimate of drug-likeness (QED) is 0.506. The number of hydrogen-bond acceptors (Lipinski definition) is 5. The summed E-state index contributed by atoms with van der Waals surface area (Å²) in [6.07, 6.45) is 5.76. The van der Waals surface area contributed by atoms with Crippen LogP contribution in [-0.4, -0.2) is 37.5 Å². The molecule has 9 heteroatoms. The summed E-state index contributed by atoms with van der Waals surface area (Å²) in [5.74, 6) is 0.150. The molecule has 0 aromatic carbocycles. The standard InChI is InChI=1S/C25H26F3N5O/c1-14-8-29-21-19(31-14)7-18(32-22(21)23-11-24(12-23,13-23)25(26,27)28)15-4-5-34-20(6-15)16-9-30-33(10-16)17-2-3-17/h7-10,15,17,20H,2-6,11-13H2,1H3/t15-,20-,23?,24?/m1/s1. The van der Waals surface area contributed by atoms with Crippen LogP contribution in [0.25, 0.3) is 11.0 Å². The lowest BCUT2D eigenvalue weighted by atomic mass is 9.34. The van der Waals surface area contributed by atoms with Gasteiger partial charge in [0.15, 0.2) is 0 Å². The van der Waals surface area contributed by atoms with Gasteiger partial charge in [0.05, 0.1) is 40.7 Å². The minimum Gasteiger partial charge on any atom is -0.373 e. The van der Waals surface area contributed by atoms with Gasteiger partial charge < -0.3 is 4.74 Å². The van der Waals surface area contributed by atoms with Crippen LogP contribution in [0.15, 0.2) is 24.7 Å². The lowest BCUT2D eigenvalue weighted by Crippen LogP contribution is -2.70. The number of nitrogens with zero attached hydrogens (tertiary/aromatic N) is 5. The van der Waals surface area contributed by atoms with Crippen LogP contribution in [0, 0.1) is 12.3 Å². The van der Waals surface area contributed by atoms with Crippen molar-refractivity contribution in [2.24, 2.45) is 5.41 Å². The second kappa shape index (κ2) is 6.77. The first kappa shape index (κ1) is 20.8. The van der Waals surface area contributed by atoms with Crippen molar-refractivity contribution in [3.8, 4) is 0 Å². The Morgan fingerprint density at radius 3 is 2.62 bits per heavy atom. The number of fused-ring (bicyclic) bond motifs is 1. The molecule has 1 aliphatic heterocycles. The van der Waals surface area contributed by atoms with Crippen molar-refractivity contribution in [3.05, 3.63) is 47.3 Å². The van der Waals surface area contributed by atoms with Crippen molar-refractivity contribution >= 4 is 11.0 Å². The van der Waals surface area contributed by atoms with Crippen LogP contribution < -0.4 is 0 Å². The Kier molecular flexibility index (Phi) is 4.14. The Morgan fingerprint density at radius 1 is 1.09 bits per heavy atom. The molecule has 0 unspecified atom stereocenters. The number of pyridine rings is 1. The third-order valence-electron chi connectivity index (χ3n) is 8.42. The lowest BCUT2D eigenvalue weighted by Gasteiger charge is -2.70. The first-order valence-corrected chi connectivity index (χ1v) is 12.1. The van der Waals surface area contributed by atoms with Crippen molar-refractivity contribution in [2.45, 2.75) is 81.5 Å². The van der Waals surface area contributed by atoms with Gasteiger partial charge in [-0.1, -0.05) is 0 Å². The SMILES string of the molecule is Cc1cnc2c(C34CC(C(F)(F)F)(C3)C4)nc([C@@H]3CCO[C@@H](c4cnn(C5CC5)c4)C3)cc2n1. The third-order valence-corrected chi connectivity index (χ3v) is 8.42. The first-order valence-electron chi connectivity index (χ1n) is 12.1. The highest BCUT2D eigenvalue weighted by molar-refractivity contribution is 5.79. The monoisotopic (exact) mass is 469 g/mol. The molecule has 3 aromatic rings. The Morgan fingerprint density at radius 2 is 1.88 bits per heavy atom. The Labute approximate surface area is 194 Å². The van der Waals surface area contributed by atoms with Gasteiger partial charge >= 0.3 is 6.18 Å². The summed E-state index contributed by atoms with van der Waals surface area (Å²) in [5, 5.41) is 4.51. The van der Waals surface area contributed by atoms with Crippen LogP contribution in [0.5, 0.6) is 0 Å². The molecule has 3 aromatic heterocycles. The molecule has 34 heavy (non-hydrogen) atoms. The maximum Gasteiger partial charge on any atom is 0.394 e. The lowest BCUT2D eigenvalue weighted by molar-refractivity contribution is -0.337. The van der Waals surface area contributed by atoms with E-state index in [4.69, 9.17) is 9.72 Å². The van der Waals surface area contributed by atoms with Gasteiger partial charge in [-0.25, -0.2) is 4.98 Å².